The van der Waals surface area contributed by atoms with Crippen LogP contribution in [-0.2, 0) is 42.5 Å². The number of ether oxygens (including phenoxy) is 3. The van der Waals surface area contributed by atoms with Crippen LogP contribution in [0.3, 0.4) is 0 Å². The van der Waals surface area contributed by atoms with Gasteiger partial charge in [0.15, 0.2) is 5.82 Å². The zero-order valence-electron chi connectivity index (χ0n) is 31.4. The van der Waals surface area contributed by atoms with E-state index in [1.807, 2.05) is 84.9 Å². The van der Waals surface area contributed by atoms with E-state index in [-0.39, 0.29) is 31.2 Å². The van der Waals surface area contributed by atoms with Gasteiger partial charge in [0.25, 0.3) is 0 Å². The van der Waals surface area contributed by atoms with Crippen LogP contribution in [0.15, 0.2) is 89.8 Å². The number of nitrogens with zero attached hydrogens (tertiary/aromatic N) is 5. The predicted molar refractivity (Wildman–Crippen MR) is 207 cm³/mol. The van der Waals surface area contributed by atoms with E-state index in [0.29, 0.717) is 67.1 Å². The van der Waals surface area contributed by atoms with Gasteiger partial charge in [-0.05, 0) is 113 Å². The van der Waals surface area contributed by atoms with Crippen LogP contribution in [0.5, 0.6) is 17.2 Å². The van der Waals surface area contributed by atoms with Crippen molar-refractivity contribution in [2.75, 3.05) is 34.5 Å². The summed E-state index contributed by atoms with van der Waals surface area (Å²) in [5, 5.41) is 31.9. The van der Waals surface area contributed by atoms with Crippen LogP contribution in [0.2, 0.25) is 0 Å². The zero-order chi connectivity index (χ0) is 38.3. The van der Waals surface area contributed by atoms with Gasteiger partial charge in [0, 0.05) is 31.9 Å². The zero-order valence-corrected chi connectivity index (χ0v) is 32.2. The fourth-order valence-corrected chi connectivity index (χ4v) is 8.32. The molecule has 5 rings (SSSR count). The van der Waals surface area contributed by atoms with Crippen molar-refractivity contribution in [2.45, 2.75) is 75.9 Å². The molecule has 288 valence electrons. The molecule has 0 atom stereocenters. The molecular formula is C41H51N5O7S. The summed E-state index contributed by atoms with van der Waals surface area (Å²) in [7, 11) is 0.544. The Morgan fingerprint density at radius 3 is 1.56 bits per heavy atom. The number of unbranched alkanes of at least 4 members (excludes halogenated alkanes) is 4. The van der Waals surface area contributed by atoms with Gasteiger partial charge in [-0.3, -0.25) is 0 Å². The Morgan fingerprint density at radius 2 is 1.07 bits per heavy atom. The summed E-state index contributed by atoms with van der Waals surface area (Å²) in [6, 6.07) is 26.3. The molecule has 54 heavy (non-hydrogen) atoms. The number of hydrogen-bond acceptors (Lipinski definition) is 10. The third-order valence-electron chi connectivity index (χ3n) is 9.41. The van der Waals surface area contributed by atoms with E-state index in [9.17, 15) is 10.2 Å². The molecule has 0 amide bonds. The molecule has 12 nitrogen and oxygen atoms in total. The lowest BCUT2D eigenvalue weighted by atomic mass is 9.96. The van der Waals surface area contributed by atoms with Crippen molar-refractivity contribution < 1.29 is 32.8 Å². The maximum absolute atomic E-state index is 15.6. The summed E-state index contributed by atoms with van der Waals surface area (Å²) in [6.45, 7) is 0.655. The molecule has 0 radical (unpaired) electrons. The Morgan fingerprint density at radius 1 is 0.611 bits per heavy atom. The molecule has 0 unspecified atom stereocenters. The minimum atomic E-state index is -4.26. The van der Waals surface area contributed by atoms with E-state index in [0.717, 1.165) is 47.3 Å². The lowest BCUT2D eigenvalue weighted by Gasteiger charge is -2.27. The lowest BCUT2D eigenvalue weighted by molar-refractivity contribution is 0.283. The minimum Gasteiger partial charge on any atom is -0.497 e. The predicted octanol–water partition coefficient (Wildman–Crippen LogP) is 6.22. The number of tetrazole rings is 1. The first-order valence-corrected chi connectivity index (χ1v) is 19.8. The molecule has 0 fully saturated rings. The van der Waals surface area contributed by atoms with Crippen LogP contribution in [0.4, 0.5) is 0 Å². The van der Waals surface area contributed by atoms with Crippen molar-refractivity contribution in [1.82, 2.24) is 24.5 Å². The van der Waals surface area contributed by atoms with Crippen molar-refractivity contribution in [3.8, 4) is 28.6 Å². The van der Waals surface area contributed by atoms with E-state index >= 15 is 8.42 Å². The van der Waals surface area contributed by atoms with E-state index in [1.54, 1.807) is 26.0 Å². The molecule has 0 spiro atoms. The van der Waals surface area contributed by atoms with Crippen LogP contribution in [0.1, 0.15) is 66.3 Å². The molecule has 0 aliphatic carbocycles. The molecule has 4 aromatic carbocycles. The highest BCUT2D eigenvalue weighted by atomic mass is 32.2. The molecule has 13 heteroatoms. The molecule has 1 heterocycles. The Labute approximate surface area is 318 Å². The first kappa shape index (κ1) is 40.4. The van der Waals surface area contributed by atoms with Gasteiger partial charge in [0.05, 0.1) is 32.8 Å². The maximum atomic E-state index is 15.6. The molecular weight excluding hydrogens is 707 g/mol. The number of methoxy groups -OCH3 is 3. The second kappa shape index (κ2) is 20.0. The van der Waals surface area contributed by atoms with Gasteiger partial charge in [-0.2, -0.15) is 4.31 Å². The Bertz CT molecular complexity index is 1950. The molecule has 0 aliphatic rings. The van der Waals surface area contributed by atoms with Crippen molar-refractivity contribution >= 4 is 10.0 Å². The number of aliphatic hydroxyl groups excluding tert-OH is 2. The highest BCUT2D eigenvalue weighted by molar-refractivity contribution is 7.89. The molecule has 1 aromatic heterocycles. The van der Waals surface area contributed by atoms with E-state index in [2.05, 4.69) is 15.5 Å². The topological polar surface area (TPSA) is 149 Å². The molecule has 0 aliphatic heterocycles. The third-order valence-corrected chi connectivity index (χ3v) is 11.3. The van der Waals surface area contributed by atoms with E-state index in [4.69, 9.17) is 14.2 Å². The Balaban J connectivity index is 1.70. The first-order chi connectivity index (χ1) is 26.3. The van der Waals surface area contributed by atoms with Crippen molar-refractivity contribution in [3.05, 3.63) is 113 Å². The Kier molecular flexibility index (Phi) is 15.0. The lowest BCUT2D eigenvalue weighted by Crippen LogP contribution is -2.32. The molecule has 0 saturated carbocycles. The summed E-state index contributed by atoms with van der Waals surface area (Å²) in [5.41, 5.74) is 4.46. The molecule has 0 saturated heterocycles. The van der Waals surface area contributed by atoms with Crippen LogP contribution < -0.4 is 14.2 Å². The summed E-state index contributed by atoms with van der Waals surface area (Å²) in [6.07, 6.45) is 5.26. The van der Waals surface area contributed by atoms with Crippen molar-refractivity contribution in [1.29, 1.82) is 0 Å². The van der Waals surface area contributed by atoms with Crippen molar-refractivity contribution in [3.63, 3.8) is 0 Å². The number of hydrogen-bond donors (Lipinski definition) is 2. The second-order valence-corrected chi connectivity index (χ2v) is 15.0. The van der Waals surface area contributed by atoms with Crippen molar-refractivity contribution in [2.24, 2.45) is 0 Å². The second-order valence-electron chi connectivity index (χ2n) is 13.1. The largest absolute Gasteiger partial charge is 0.497 e. The maximum Gasteiger partial charge on any atom is 0.244 e. The quantitative estimate of drug-likeness (QED) is 0.0781. The van der Waals surface area contributed by atoms with Crippen LogP contribution in [-0.4, -0.2) is 77.7 Å². The summed E-state index contributed by atoms with van der Waals surface area (Å²) < 4.78 is 50.5. The number of aromatic nitrogens is 4. The fourth-order valence-electron chi connectivity index (χ4n) is 6.44. The Hall–Kier alpha value is -4.82. The van der Waals surface area contributed by atoms with Crippen LogP contribution in [0, 0.1) is 0 Å². The van der Waals surface area contributed by atoms with Gasteiger partial charge in [0.1, 0.15) is 17.2 Å². The van der Waals surface area contributed by atoms with Gasteiger partial charge in [-0.25, -0.2) is 13.1 Å². The standard InChI is InChI=1S/C41H51N5O7S/c1-51-36-20-12-31(13-21-36)28-45(29-32-14-22-37(52-2)23-15-32)54(49,50)40-35(11-7-5-9-27-48)19-18-34(10-6-4-8-26-47)39(40)41-42-43-44-46(41)30-33-16-24-38(53-3)25-17-33/h12-25,47-48H,4-11,26-30H2,1-3H3. The highest BCUT2D eigenvalue weighted by Crippen LogP contribution is 2.38. The summed E-state index contributed by atoms with van der Waals surface area (Å²) in [5.74, 6) is 2.42. The minimum absolute atomic E-state index is 0.0703. The fraction of sp³-hybridized carbons (Fsp3) is 0.390. The monoisotopic (exact) mass is 757 g/mol. The molecule has 2 N–H and O–H groups in total. The first-order valence-electron chi connectivity index (χ1n) is 18.3. The van der Waals surface area contributed by atoms with Gasteiger partial charge < -0.3 is 24.4 Å². The summed E-state index contributed by atoms with van der Waals surface area (Å²) >= 11 is 0. The molecule has 0 bridgehead atoms. The third kappa shape index (κ3) is 10.4. The van der Waals surface area contributed by atoms with Crippen LogP contribution in [0.25, 0.3) is 11.4 Å². The SMILES string of the molecule is COc1ccc(CN(Cc2ccc(OC)cc2)S(=O)(=O)c2c(CCCCCO)ccc(CCCCCO)c2-c2nnnn2Cc2ccc(OC)cc2)cc1. The number of rotatable bonds is 22. The summed E-state index contributed by atoms with van der Waals surface area (Å²) in [4.78, 5) is 0.180. The van der Waals surface area contributed by atoms with E-state index < -0.39 is 10.0 Å². The average Bonchev–Trinajstić information content (AvgIpc) is 3.66. The van der Waals surface area contributed by atoms with Gasteiger partial charge >= 0.3 is 0 Å². The van der Waals surface area contributed by atoms with E-state index in [1.165, 1.54) is 4.31 Å². The smallest absolute Gasteiger partial charge is 0.244 e. The van der Waals surface area contributed by atoms with Gasteiger partial charge in [-0.15, -0.1) is 5.10 Å². The number of aliphatic hydroxyl groups is 2. The average molecular weight is 758 g/mol. The number of benzene rings is 4. The number of aryl methyl sites for hydroxylation is 2. The number of sulfonamides is 1. The highest BCUT2D eigenvalue weighted by Gasteiger charge is 2.34. The van der Waals surface area contributed by atoms with Gasteiger partial charge in [0.2, 0.25) is 10.0 Å². The van der Waals surface area contributed by atoms with Crippen LogP contribution >= 0.6 is 0 Å². The normalized spacial score (nSPS) is 11.6. The molecule has 5 aromatic rings. The van der Waals surface area contributed by atoms with Gasteiger partial charge in [-0.1, -0.05) is 61.4 Å².